The number of hydrogen-bond donors (Lipinski definition) is 0. The highest BCUT2D eigenvalue weighted by Gasteiger charge is 2.49. The summed E-state index contributed by atoms with van der Waals surface area (Å²) in [4.78, 5) is 10.6. The number of Topliss-reactive ketones (excluding diaryl/α,β-unsaturated/α-hetero) is 1. The van der Waals surface area contributed by atoms with Crippen LogP contribution in [-0.4, -0.2) is 5.78 Å². The molecule has 1 nitrogen and oxygen atoms in total. The molecule has 2 saturated carbocycles. The molecule has 0 radical (unpaired) electrons. The van der Waals surface area contributed by atoms with Gasteiger partial charge in [0.2, 0.25) is 0 Å². The maximum Gasteiger partial charge on any atom is 0.134 e. The number of carbonyl (C=O) groups is 1. The van der Waals surface area contributed by atoms with Gasteiger partial charge in [-0.3, -0.25) is 4.79 Å². The summed E-state index contributed by atoms with van der Waals surface area (Å²) < 4.78 is 0. The molecule has 0 amide bonds. The van der Waals surface area contributed by atoms with Crippen LogP contribution in [0.25, 0.3) is 0 Å². The third-order valence-electron chi connectivity index (χ3n) is 2.76. The summed E-state index contributed by atoms with van der Waals surface area (Å²) in [6.45, 7) is 2.26. The van der Waals surface area contributed by atoms with Gasteiger partial charge in [-0.15, -0.1) is 0 Å². The lowest BCUT2D eigenvalue weighted by Gasteiger charge is -2.37. The first-order chi connectivity index (χ1) is 4.21. The Morgan fingerprint density at radius 2 is 2.00 bits per heavy atom. The van der Waals surface area contributed by atoms with E-state index in [0.29, 0.717) is 11.2 Å². The second-order valence-corrected chi connectivity index (χ2v) is 3.82. The van der Waals surface area contributed by atoms with Gasteiger partial charge >= 0.3 is 0 Å². The van der Waals surface area contributed by atoms with Gasteiger partial charge < -0.3 is 0 Å². The van der Waals surface area contributed by atoms with Crippen LogP contribution in [0, 0.1) is 11.3 Å². The fourth-order valence-electron chi connectivity index (χ4n) is 1.92. The number of ketones is 1. The van der Waals surface area contributed by atoms with Gasteiger partial charge in [0.1, 0.15) is 5.78 Å². The molecule has 2 fully saturated rings. The lowest BCUT2D eigenvalue weighted by atomic mass is 9.66. The number of carbonyl (C=O) groups excluding carboxylic acids is 1. The Labute approximate surface area is 55.4 Å². The molecule has 0 aromatic heterocycles. The van der Waals surface area contributed by atoms with E-state index in [-0.39, 0.29) is 0 Å². The largest absolute Gasteiger partial charge is 0.300 e. The zero-order valence-electron chi connectivity index (χ0n) is 5.81. The van der Waals surface area contributed by atoms with Crippen molar-refractivity contribution in [2.75, 3.05) is 0 Å². The maximum absolute atomic E-state index is 10.6. The van der Waals surface area contributed by atoms with E-state index in [1.54, 1.807) is 0 Å². The summed E-state index contributed by atoms with van der Waals surface area (Å²) in [5.41, 5.74) is 0.455. The first kappa shape index (κ1) is 5.45. The Bertz CT molecular complexity index is 148. The molecule has 9 heavy (non-hydrogen) atoms. The van der Waals surface area contributed by atoms with Crippen LogP contribution in [0.15, 0.2) is 0 Å². The molecular formula is C8H12O. The van der Waals surface area contributed by atoms with E-state index >= 15 is 0 Å². The van der Waals surface area contributed by atoms with Crippen LogP contribution in [0.2, 0.25) is 0 Å². The molecule has 0 aromatic rings. The molecule has 50 valence electrons. The van der Waals surface area contributed by atoms with E-state index in [1.807, 2.05) is 0 Å². The average Bonchev–Trinajstić information content (AvgIpc) is 2.39. The predicted molar refractivity (Wildman–Crippen MR) is 35.1 cm³/mol. The minimum absolute atomic E-state index is 0.455. The topological polar surface area (TPSA) is 17.1 Å². The highest BCUT2D eigenvalue weighted by atomic mass is 16.1. The van der Waals surface area contributed by atoms with Gasteiger partial charge in [0, 0.05) is 12.8 Å². The second kappa shape index (κ2) is 1.39. The summed E-state index contributed by atoms with van der Waals surface area (Å²) >= 11 is 0. The molecule has 0 atom stereocenters. The fourth-order valence-corrected chi connectivity index (χ4v) is 1.92. The van der Waals surface area contributed by atoms with E-state index in [9.17, 15) is 4.79 Å². The van der Waals surface area contributed by atoms with Crippen molar-refractivity contribution in [2.45, 2.75) is 32.6 Å². The molecule has 0 unspecified atom stereocenters. The second-order valence-electron chi connectivity index (χ2n) is 3.82. The molecular weight excluding hydrogens is 112 g/mol. The van der Waals surface area contributed by atoms with Crippen LogP contribution >= 0.6 is 0 Å². The third-order valence-corrected chi connectivity index (χ3v) is 2.76. The van der Waals surface area contributed by atoms with Gasteiger partial charge in [-0.2, -0.15) is 0 Å². The smallest absolute Gasteiger partial charge is 0.134 e. The summed E-state index contributed by atoms with van der Waals surface area (Å²) in [6.07, 6.45) is 4.50. The first-order valence-electron chi connectivity index (χ1n) is 3.72. The van der Waals surface area contributed by atoms with Gasteiger partial charge in [0.05, 0.1) is 0 Å². The molecule has 2 aliphatic carbocycles. The fraction of sp³-hybridized carbons (Fsp3) is 0.875. The highest BCUT2D eigenvalue weighted by molar-refractivity contribution is 5.86. The zero-order chi connectivity index (χ0) is 6.48. The van der Waals surface area contributed by atoms with E-state index < -0.39 is 0 Å². The van der Waals surface area contributed by atoms with Crippen LogP contribution in [0.3, 0.4) is 0 Å². The molecule has 0 bridgehead atoms. The van der Waals surface area contributed by atoms with E-state index in [1.165, 1.54) is 12.8 Å². The summed E-state index contributed by atoms with van der Waals surface area (Å²) in [5, 5.41) is 0. The Balaban J connectivity index is 2.01. The zero-order valence-corrected chi connectivity index (χ0v) is 5.81. The summed E-state index contributed by atoms with van der Waals surface area (Å²) in [7, 11) is 0. The van der Waals surface area contributed by atoms with Gasteiger partial charge in [0.15, 0.2) is 0 Å². The van der Waals surface area contributed by atoms with Gasteiger partial charge in [-0.1, -0.05) is 6.92 Å². The molecule has 2 rings (SSSR count). The Hall–Kier alpha value is -0.330. The van der Waals surface area contributed by atoms with Crippen LogP contribution in [0.1, 0.15) is 32.6 Å². The van der Waals surface area contributed by atoms with Crippen LogP contribution in [0.5, 0.6) is 0 Å². The summed E-state index contributed by atoms with van der Waals surface area (Å²) in [6, 6.07) is 0. The van der Waals surface area contributed by atoms with Crippen molar-refractivity contribution >= 4 is 5.78 Å². The van der Waals surface area contributed by atoms with E-state index in [4.69, 9.17) is 0 Å². The molecule has 0 spiro atoms. The predicted octanol–water partition coefficient (Wildman–Crippen LogP) is 1.77. The molecule has 0 aliphatic heterocycles. The van der Waals surface area contributed by atoms with Gasteiger partial charge in [0.25, 0.3) is 0 Å². The normalized spacial score (nSPS) is 31.9. The van der Waals surface area contributed by atoms with Crippen molar-refractivity contribution in [1.82, 2.24) is 0 Å². The molecule has 0 N–H and O–H groups in total. The number of rotatable bonds is 1. The monoisotopic (exact) mass is 124 g/mol. The minimum Gasteiger partial charge on any atom is -0.300 e. The quantitative estimate of drug-likeness (QED) is 0.520. The lowest BCUT2D eigenvalue weighted by Crippen LogP contribution is -2.36. The average molecular weight is 124 g/mol. The van der Waals surface area contributed by atoms with Crippen LogP contribution in [0.4, 0.5) is 0 Å². The van der Waals surface area contributed by atoms with Gasteiger partial charge in [-0.05, 0) is 24.2 Å². The molecule has 1 heteroatoms. The maximum atomic E-state index is 10.6. The highest BCUT2D eigenvalue weighted by Crippen LogP contribution is 2.54. The Morgan fingerprint density at radius 1 is 1.44 bits per heavy atom. The van der Waals surface area contributed by atoms with Crippen LogP contribution in [-0.2, 0) is 4.79 Å². The van der Waals surface area contributed by atoms with Crippen molar-refractivity contribution in [3.05, 3.63) is 0 Å². The molecule has 2 aliphatic rings. The van der Waals surface area contributed by atoms with Crippen molar-refractivity contribution < 1.29 is 4.79 Å². The van der Waals surface area contributed by atoms with E-state index in [2.05, 4.69) is 6.92 Å². The minimum atomic E-state index is 0.455. The van der Waals surface area contributed by atoms with Crippen molar-refractivity contribution in [3.8, 4) is 0 Å². The van der Waals surface area contributed by atoms with Crippen molar-refractivity contribution in [2.24, 2.45) is 11.3 Å². The standard InChI is InChI=1S/C8H12O/c1-8(6-2-3-6)4-7(9)5-8/h6H,2-5H2,1H3. The van der Waals surface area contributed by atoms with Crippen LogP contribution < -0.4 is 0 Å². The van der Waals surface area contributed by atoms with Gasteiger partial charge in [-0.25, -0.2) is 0 Å². The number of hydrogen-bond acceptors (Lipinski definition) is 1. The van der Waals surface area contributed by atoms with E-state index in [0.717, 1.165) is 18.8 Å². The Kier molecular flexibility index (Phi) is 0.842. The summed E-state index contributed by atoms with van der Waals surface area (Å²) in [5.74, 6) is 1.39. The van der Waals surface area contributed by atoms with Crippen molar-refractivity contribution in [1.29, 1.82) is 0 Å². The third kappa shape index (κ3) is 0.707. The Morgan fingerprint density at radius 3 is 2.33 bits per heavy atom. The lowest BCUT2D eigenvalue weighted by molar-refractivity contribution is -0.132. The molecule has 0 saturated heterocycles. The molecule has 0 aromatic carbocycles. The first-order valence-corrected chi connectivity index (χ1v) is 3.72. The molecule has 0 heterocycles. The SMILES string of the molecule is CC1(C2CC2)CC(=O)C1. The van der Waals surface area contributed by atoms with Crippen molar-refractivity contribution in [3.63, 3.8) is 0 Å².